The fraction of sp³-hybridized carbons (Fsp3) is 0.100. The van der Waals surface area contributed by atoms with Gasteiger partial charge in [-0.05, 0) is 86.6 Å². The van der Waals surface area contributed by atoms with Crippen LogP contribution in [0.5, 0.6) is 0 Å². The van der Waals surface area contributed by atoms with Crippen molar-refractivity contribution in [2.75, 3.05) is 0 Å². The molecule has 2 atom stereocenters. The molecule has 1 aliphatic heterocycles. The first-order chi connectivity index (χ1) is 24.2. The first-order valence-electron chi connectivity index (χ1n) is 15.9. The van der Waals surface area contributed by atoms with Crippen molar-refractivity contribution in [1.82, 2.24) is 24.8 Å². The molecule has 8 nitrogen and oxygen atoms in total. The van der Waals surface area contributed by atoms with Gasteiger partial charge in [-0.15, -0.1) is 0 Å². The molecule has 1 aliphatic rings. The van der Waals surface area contributed by atoms with Gasteiger partial charge in [0.15, 0.2) is 0 Å². The third kappa shape index (κ3) is 6.08. The van der Waals surface area contributed by atoms with E-state index in [0.29, 0.717) is 61.3 Å². The molecule has 5 heterocycles. The summed E-state index contributed by atoms with van der Waals surface area (Å²) in [6.45, 7) is 3.44. The van der Waals surface area contributed by atoms with Gasteiger partial charge >= 0.3 is 0 Å². The highest BCUT2D eigenvalue weighted by Gasteiger charge is 2.39. The quantitative estimate of drug-likeness (QED) is 0.184. The zero-order valence-electron chi connectivity index (χ0n) is 27.0. The van der Waals surface area contributed by atoms with Gasteiger partial charge in [0.2, 0.25) is 0 Å². The number of aliphatic hydroxyl groups excluding tert-OH is 1. The molecule has 0 saturated carbocycles. The number of rotatable bonds is 5. The van der Waals surface area contributed by atoms with E-state index < -0.39 is 12.1 Å². The number of imide groups is 1. The average Bonchev–Trinajstić information content (AvgIpc) is 3.39. The lowest BCUT2D eigenvalue weighted by molar-refractivity contribution is 0.0595. The van der Waals surface area contributed by atoms with Crippen LogP contribution >= 0.6 is 0 Å². The topological polar surface area (TPSA) is 109 Å². The van der Waals surface area contributed by atoms with Gasteiger partial charge in [-0.3, -0.25) is 24.5 Å². The second-order valence-electron chi connectivity index (χ2n) is 11.8. The molecule has 2 unspecified atom stereocenters. The molecule has 3 aromatic carbocycles. The van der Waals surface area contributed by atoms with E-state index in [1.165, 1.54) is 29.2 Å². The second kappa shape index (κ2) is 13.3. The molecule has 0 fully saturated rings. The summed E-state index contributed by atoms with van der Waals surface area (Å²) in [5.41, 5.74) is 7.06. The van der Waals surface area contributed by atoms with Crippen LogP contribution in [0.4, 0.5) is 8.78 Å². The third-order valence-electron chi connectivity index (χ3n) is 8.54. The molecular weight excluding hydrogens is 636 g/mol. The Morgan fingerprint density at radius 3 is 1.54 bits per heavy atom. The van der Waals surface area contributed by atoms with Crippen LogP contribution in [0.3, 0.4) is 0 Å². The minimum absolute atomic E-state index is 0.327. The van der Waals surface area contributed by atoms with Gasteiger partial charge < -0.3 is 5.11 Å². The van der Waals surface area contributed by atoms with Crippen LogP contribution in [0, 0.1) is 11.6 Å². The molecule has 50 heavy (non-hydrogen) atoms. The van der Waals surface area contributed by atoms with E-state index in [-0.39, 0.29) is 23.4 Å². The lowest BCUT2D eigenvalue weighted by atomic mass is 9.98. The minimum atomic E-state index is -0.702. The van der Waals surface area contributed by atoms with E-state index in [2.05, 4.69) is 15.0 Å². The first-order valence-corrected chi connectivity index (χ1v) is 15.9. The van der Waals surface area contributed by atoms with Crippen LogP contribution < -0.4 is 0 Å². The van der Waals surface area contributed by atoms with Gasteiger partial charge in [0.1, 0.15) is 11.6 Å². The highest BCUT2D eigenvalue weighted by atomic mass is 19.1. The molecule has 246 valence electrons. The fourth-order valence-corrected chi connectivity index (χ4v) is 6.10. The molecule has 0 saturated heterocycles. The summed E-state index contributed by atoms with van der Waals surface area (Å²) in [5.74, 6) is -1.42. The lowest BCUT2D eigenvalue weighted by Gasteiger charge is -2.25. The lowest BCUT2D eigenvalue weighted by Crippen LogP contribution is -2.33. The highest BCUT2D eigenvalue weighted by molar-refractivity contribution is 6.21. The second-order valence-corrected chi connectivity index (χ2v) is 11.8. The van der Waals surface area contributed by atoms with Gasteiger partial charge in [0.05, 0.1) is 56.7 Å². The summed E-state index contributed by atoms with van der Waals surface area (Å²) in [5, 5.41) is 9.93. The number of benzene rings is 3. The van der Waals surface area contributed by atoms with Crippen LogP contribution in [0.1, 0.15) is 57.8 Å². The van der Waals surface area contributed by atoms with E-state index in [1.54, 1.807) is 93.0 Å². The van der Waals surface area contributed by atoms with Gasteiger partial charge in [0, 0.05) is 34.6 Å². The van der Waals surface area contributed by atoms with Crippen molar-refractivity contribution in [2.24, 2.45) is 0 Å². The van der Waals surface area contributed by atoms with E-state index in [4.69, 9.17) is 4.98 Å². The van der Waals surface area contributed by atoms with Gasteiger partial charge in [-0.2, -0.15) is 0 Å². The maximum atomic E-state index is 13.9. The number of hydrogen-bond acceptors (Lipinski definition) is 7. The molecule has 0 spiro atoms. The standard InChI is InChI=1S/C24H16FN3O2.C16H13FN2O/c1-14(28-23(29)17-8-2-3-9-18(17)24(28)30)19-13-21-20(10-5-11-26-21)27-22(19)15-6-4-7-16(25)12-15;1-10(20)13-9-15-14(6-3-7-18-15)19-16(13)11-4-2-5-12(17)8-11/h2-14H,1H3;2-10,20H,1H3. The Morgan fingerprint density at radius 1 is 0.580 bits per heavy atom. The van der Waals surface area contributed by atoms with Crippen molar-refractivity contribution >= 4 is 33.9 Å². The number of aromatic nitrogens is 4. The number of carbonyl (C=O) groups excluding carboxylic acids is 2. The Hall–Kier alpha value is -6.26. The van der Waals surface area contributed by atoms with Crippen molar-refractivity contribution in [2.45, 2.75) is 26.0 Å². The maximum absolute atomic E-state index is 13.9. The van der Waals surface area contributed by atoms with Crippen LogP contribution in [-0.2, 0) is 0 Å². The van der Waals surface area contributed by atoms with E-state index >= 15 is 0 Å². The van der Waals surface area contributed by atoms with Gasteiger partial charge in [-0.25, -0.2) is 18.7 Å². The predicted molar refractivity (Wildman–Crippen MR) is 186 cm³/mol. The van der Waals surface area contributed by atoms with Crippen LogP contribution in [0.15, 0.2) is 122 Å². The van der Waals surface area contributed by atoms with E-state index in [1.807, 2.05) is 18.2 Å². The number of amides is 2. The third-order valence-corrected chi connectivity index (χ3v) is 8.54. The zero-order chi connectivity index (χ0) is 34.9. The zero-order valence-corrected chi connectivity index (χ0v) is 27.0. The first kappa shape index (κ1) is 32.3. The Balaban J connectivity index is 0.000000170. The Bertz CT molecular complexity index is 2400. The number of aliphatic hydroxyl groups is 1. The number of hydrogen-bond donors (Lipinski definition) is 1. The number of halogens is 2. The van der Waals surface area contributed by atoms with E-state index in [9.17, 15) is 23.5 Å². The number of pyridine rings is 4. The molecule has 10 heteroatoms. The normalized spacial score (nSPS) is 13.6. The summed E-state index contributed by atoms with van der Waals surface area (Å²) in [4.78, 5) is 45.0. The Kier molecular flexibility index (Phi) is 8.61. The minimum Gasteiger partial charge on any atom is -0.389 e. The molecule has 0 aliphatic carbocycles. The van der Waals surface area contributed by atoms with Gasteiger partial charge in [-0.1, -0.05) is 36.4 Å². The van der Waals surface area contributed by atoms with Crippen LogP contribution in [0.25, 0.3) is 44.6 Å². The van der Waals surface area contributed by atoms with Crippen molar-refractivity contribution < 1.29 is 23.5 Å². The molecular formula is C40H29F2N5O3. The summed E-state index contributed by atoms with van der Waals surface area (Å²) in [6, 6.07) is 29.3. The Morgan fingerprint density at radius 2 is 1.06 bits per heavy atom. The molecule has 4 aromatic heterocycles. The van der Waals surface area contributed by atoms with Crippen LogP contribution in [0.2, 0.25) is 0 Å². The van der Waals surface area contributed by atoms with Crippen molar-refractivity contribution in [3.05, 3.63) is 155 Å². The summed E-state index contributed by atoms with van der Waals surface area (Å²) >= 11 is 0. The number of fused-ring (bicyclic) bond motifs is 3. The predicted octanol–water partition coefficient (Wildman–Crippen LogP) is 8.28. The SMILES string of the molecule is CC(O)c1cc2ncccc2nc1-c1cccc(F)c1.CC(c1cc2ncccc2nc1-c1cccc(F)c1)N1C(=O)c2ccccc2C1=O. The van der Waals surface area contributed by atoms with E-state index in [0.717, 1.165) is 5.52 Å². The molecule has 1 N–H and O–H groups in total. The highest BCUT2D eigenvalue weighted by Crippen LogP contribution is 2.37. The summed E-state index contributed by atoms with van der Waals surface area (Å²) in [7, 11) is 0. The molecule has 0 bridgehead atoms. The number of carbonyl (C=O) groups is 2. The smallest absolute Gasteiger partial charge is 0.262 e. The van der Waals surface area contributed by atoms with Gasteiger partial charge in [0.25, 0.3) is 11.8 Å². The summed E-state index contributed by atoms with van der Waals surface area (Å²) < 4.78 is 27.3. The fourth-order valence-electron chi connectivity index (χ4n) is 6.10. The molecule has 8 rings (SSSR count). The molecule has 7 aromatic rings. The number of nitrogens with zero attached hydrogens (tertiary/aromatic N) is 5. The summed E-state index contributed by atoms with van der Waals surface area (Å²) in [6.07, 6.45) is 2.63. The van der Waals surface area contributed by atoms with Crippen molar-refractivity contribution in [3.63, 3.8) is 0 Å². The maximum Gasteiger partial charge on any atom is 0.262 e. The van der Waals surface area contributed by atoms with Crippen molar-refractivity contribution in [3.8, 4) is 22.5 Å². The average molecular weight is 666 g/mol. The molecule has 2 amide bonds. The molecule has 0 radical (unpaired) electrons. The Labute approximate surface area is 285 Å². The largest absolute Gasteiger partial charge is 0.389 e. The van der Waals surface area contributed by atoms with Crippen molar-refractivity contribution in [1.29, 1.82) is 0 Å². The monoisotopic (exact) mass is 665 g/mol. The van der Waals surface area contributed by atoms with Crippen LogP contribution in [-0.4, -0.2) is 41.8 Å².